The molecule has 1 aromatic heterocycles. The third-order valence-corrected chi connectivity index (χ3v) is 3.37. The first kappa shape index (κ1) is 18.9. The number of rotatable bonds is 5. The maximum absolute atomic E-state index is 12.3. The zero-order valence-electron chi connectivity index (χ0n) is 13.4. The molecule has 2 aromatic rings. The van der Waals surface area contributed by atoms with Crippen molar-refractivity contribution in [2.24, 2.45) is 0 Å². The molecule has 0 unspecified atom stereocenters. The van der Waals surface area contributed by atoms with Crippen LogP contribution in [0.1, 0.15) is 10.4 Å². The first-order valence-corrected chi connectivity index (χ1v) is 7.48. The number of para-hydroxylation sites is 1. The highest BCUT2D eigenvalue weighted by Crippen LogP contribution is 2.32. The van der Waals surface area contributed by atoms with E-state index in [9.17, 15) is 18.0 Å². The Bertz CT molecular complexity index is 749. The van der Waals surface area contributed by atoms with Gasteiger partial charge in [-0.05, 0) is 18.2 Å². The van der Waals surface area contributed by atoms with Gasteiger partial charge in [-0.25, -0.2) is 4.98 Å². The van der Waals surface area contributed by atoms with E-state index >= 15 is 0 Å². The van der Waals surface area contributed by atoms with Gasteiger partial charge in [0.25, 0.3) is 5.91 Å². The summed E-state index contributed by atoms with van der Waals surface area (Å²) in [5.41, 5.74) is 1.31. The molecule has 0 aliphatic heterocycles. The Kier molecular flexibility index (Phi) is 5.73. The second-order valence-electron chi connectivity index (χ2n) is 5.27. The predicted octanol–water partition coefficient (Wildman–Crippen LogP) is 3.99. The largest absolute Gasteiger partial charge is 0.468 e. The summed E-state index contributed by atoms with van der Waals surface area (Å²) in [6, 6.07) is 7.60. The highest BCUT2D eigenvalue weighted by molar-refractivity contribution is 6.34. The number of aromatic nitrogens is 1. The number of anilines is 2. The van der Waals surface area contributed by atoms with Crippen LogP contribution >= 0.6 is 11.6 Å². The van der Waals surface area contributed by atoms with E-state index < -0.39 is 18.7 Å². The van der Waals surface area contributed by atoms with Crippen molar-refractivity contribution in [1.29, 1.82) is 0 Å². The molecule has 134 valence electrons. The SMILES string of the molecule is CN(C)c1c(Cl)cccc1NC(=O)c1ccc(OCC(F)(F)F)nc1. The van der Waals surface area contributed by atoms with E-state index in [0.717, 1.165) is 6.20 Å². The molecule has 1 aromatic carbocycles. The van der Waals surface area contributed by atoms with Crippen molar-refractivity contribution in [3.8, 4) is 5.88 Å². The smallest absolute Gasteiger partial charge is 0.422 e. The number of alkyl halides is 3. The molecule has 0 radical (unpaired) electrons. The maximum Gasteiger partial charge on any atom is 0.422 e. The molecule has 0 saturated carbocycles. The number of nitrogens with zero attached hydrogens (tertiary/aromatic N) is 2. The van der Waals surface area contributed by atoms with E-state index in [2.05, 4.69) is 15.0 Å². The summed E-state index contributed by atoms with van der Waals surface area (Å²) in [5.74, 6) is -0.689. The lowest BCUT2D eigenvalue weighted by Crippen LogP contribution is -2.20. The molecule has 0 aliphatic rings. The summed E-state index contributed by atoms with van der Waals surface area (Å²) in [7, 11) is 3.57. The molecule has 0 saturated heterocycles. The first-order chi connectivity index (χ1) is 11.7. The van der Waals surface area contributed by atoms with E-state index in [-0.39, 0.29) is 11.4 Å². The lowest BCUT2D eigenvalue weighted by atomic mass is 10.2. The van der Waals surface area contributed by atoms with E-state index in [1.165, 1.54) is 12.1 Å². The molecule has 25 heavy (non-hydrogen) atoms. The maximum atomic E-state index is 12.3. The highest BCUT2D eigenvalue weighted by Gasteiger charge is 2.28. The third-order valence-electron chi connectivity index (χ3n) is 3.06. The van der Waals surface area contributed by atoms with E-state index in [4.69, 9.17) is 11.6 Å². The molecular weight excluding hydrogens is 359 g/mol. The number of carbonyl (C=O) groups excluding carboxylic acids is 1. The molecule has 1 amide bonds. The lowest BCUT2D eigenvalue weighted by Gasteiger charge is -2.19. The molecule has 9 heteroatoms. The van der Waals surface area contributed by atoms with Gasteiger partial charge in [-0.3, -0.25) is 4.79 Å². The number of ether oxygens (including phenoxy) is 1. The number of hydrogen-bond acceptors (Lipinski definition) is 4. The van der Waals surface area contributed by atoms with Gasteiger partial charge < -0.3 is 15.0 Å². The van der Waals surface area contributed by atoms with Crippen LogP contribution in [0.4, 0.5) is 24.5 Å². The fourth-order valence-electron chi connectivity index (χ4n) is 2.02. The van der Waals surface area contributed by atoms with Crippen molar-refractivity contribution in [2.45, 2.75) is 6.18 Å². The number of pyridine rings is 1. The second kappa shape index (κ2) is 7.60. The van der Waals surface area contributed by atoms with Crippen LogP contribution in [0.15, 0.2) is 36.5 Å². The van der Waals surface area contributed by atoms with Crippen LogP contribution in [0.2, 0.25) is 5.02 Å². The van der Waals surface area contributed by atoms with Crippen molar-refractivity contribution in [2.75, 3.05) is 30.9 Å². The van der Waals surface area contributed by atoms with Gasteiger partial charge in [0.2, 0.25) is 5.88 Å². The molecule has 0 fully saturated rings. The summed E-state index contributed by atoms with van der Waals surface area (Å²) in [6.45, 7) is -1.44. The monoisotopic (exact) mass is 373 g/mol. The Labute approximate surface area is 147 Å². The Morgan fingerprint density at radius 1 is 1.28 bits per heavy atom. The number of nitrogens with one attached hydrogen (secondary N) is 1. The second-order valence-corrected chi connectivity index (χ2v) is 5.68. The molecule has 0 atom stereocenters. The zero-order valence-corrected chi connectivity index (χ0v) is 14.1. The van der Waals surface area contributed by atoms with Crippen LogP contribution in [0.5, 0.6) is 5.88 Å². The van der Waals surface area contributed by atoms with Crippen LogP contribution in [0, 0.1) is 0 Å². The zero-order chi connectivity index (χ0) is 18.6. The van der Waals surface area contributed by atoms with Crippen molar-refractivity contribution in [1.82, 2.24) is 4.98 Å². The Morgan fingerprint density at radius 3 is 2.56 bits per heavy atom. The number of carbonyl (C=O) groups is 1. The third kappa shape index (κ3) is 5.25. The minimum absolute atomic E-state index is 0.170. The summed E-state index contributed by atoms with van der Waals surface area (Å²) in [5, 5.41) is 3.17. The summed E-state index contributed by atoms with van der Waals surface area (Å²) in [6.07, 6.45) is -3.31. The van der Waals surface area contributed by atoms with Crippen molar-refractivity contribution in [3.05, 3.63) is 47.1 Å². The van der Waals surface area contributed by atoms with Gasteiger partial charge in [0.1, 0.15) is 0 Å². The average molecular weight is 374 g/mol. The molecule has 2 rings (SSSR count). The van der Waals surface area contributed by atoms with Crippen molar-refractivity contribution < 1.29 is 22.7 Å². The molecule has 0 bridgehead atoms. The fourth-order valence-corrected chi connectivity index (χ4v) is 2.36. The topological polar surface area (TPSA) is 54.5 Å². The van der Waals surface area contributed by atoms with Crippen molar-refractivity contribution in [3.63, 3.8) is 0 Å². The molecule has 1 N–H and O–H groups in total. The molecule has 0 aliphatic carbocycles. The highest BCUT2D eigenvalue weighted by atomic mass is 35.5. The quantitative estimate of drug-likeness (QED) is 0.861. The molecule has 1 heterocycles. The van der Waals surface area contributed by atoms with Gasteiger partial charge in [0.15, 0.2) is 6.61 Å². The lowest BCUT2D eigenvalue weighted by molar-refractivity contribution is -0.154. The average Bonchev–Trinajstić information content (AvgIpc) is 2.52. The Morgan fingerprint density at radius 2 is 2.00 bits per heavy atom. The predicted molar refractivity (Wildman–Crippen MR) is 89.5 cm³/mol. The Balaban J connectivity index is 2.11. The summed E-state index contributed by atoms with van der Waals surface area (Å²) in [4.78, 5) is 17.7. The fraction of sp³-hybridized carbons (Fsp3) is 0.250. The van der Waals surface area contributed by atoms with Gasteiger partial charge in [0.05, 0.1) is 22.0 Å². The minimum atomic E-state index is -4.45. The van der Waals surface area contributed by atoms with Crippen molar-refractivity contribution >= 4 is 28.9 Å². The number of benzene rings is 1. The van der Waals surface area contributed by atoms with E-state index in [0.29, 0.717) is 16.4 Å². The van der Waals surface area contributed by atoms with Gasteiger partial charge >= 0.3 is 6.18 Å². The number of halogens is 4. The van der Waals surface area contributed by atoms with Crippen LogP contribution in [-0.2, 0) is 0 Å². The Hall–Kier alpha value is -2.48. The molecular formula is C16H15ClF3N3O2. The van der Waals surface area contributed by atoms with E-state index in [1.807, 2.05) is 0 Å². The molecule has 5 nitrogen and oxygen atoms in total. The standard InChI is InChI=1S/C16H15ClF3N3O2/c1-23(2)14-11(17)4-3-5-12(14)22-15(24)10-6-7-13(21-8-10)25-9-16(18,19)20/h3-8H,9H2,1-2H3,(H,22,24). The van der Waals surface area contributed by atoms with Gasteiger partial charge in [-0.1, -0.05) is 17.7 Å². The summed E-state index contributed by atoms with van der Waals surface area (Å²) < 4.78 is 40.8. The van der Waals surface area contributed by atoms with Crippen LogP contribution in [-0.4, -0.2) is 37.8 Å². The summed E-state index contributed by atoms with van der Waals surface area (Å²) >= 11 is 6.13. The van der Waals surface area contributed by atoms with Crippen LogP contribution < -0.4 is 15.0 Å². The minimum Gasteiger partial charge on any atom is -0.468 e. The normalized spacial score (nSPS) is 11.1. The number of hydrogen-bond donors (Lipinski definition) is 1. The van der Waals surface area contributed by atoms with Crippen LogP contribution in [0.3, 0.4) is 0 Å². The number of amides is 1. The van der Waals surface area contributed by atoms with Gasteiger partial charge in [0, 0.05) is 26.4 Å². The van der Waals surface area contributed by atoms with Gasteiger partial charge in [-0.15, -0.1) is 0 Å². The first-order valence-electron chi connectivity index (χ1n) is 7.10. The van der Waals surface area contributed by atoms with E-state index in [1.54, 1.807) is 37.2 Å². The molecule has 0 spiro atoms. The van der Waals surface area contributed by atoms with Crippen LogP contribution in [0.25, 0.3) is 0 Å². The van der Waals surface area contributed by atoms with Gasteiger partial charge in [-0.2, -0.15) is 13.2 Å².